The summed E-state index contributed by atoms with van der Waals surface area (Å²) in [6, 6.07) is 2.21. The number of likely N-dealkylation sites (tertiary alicyclic amines) is 1. The molecule has 3 aliphatic heterocycles. The number of nitrogens with one attached hydrogen (secondary N) is 1. The molecule has 0 saturated carbocycles. The highest BCUT2D eigenvalue weighted by atomic mass is 35.5. The molecule has 148 valence electrons. The summed E-state index contributed by atoms with van der Waals surface area (Å²) in [5, 5.41) is 8.11. The zero-order chi connectivity index (χ0) is 16.4. The van der Waals surface area contributed by atoms with Gasteiger partial charge in [-0.1, -0.05) is 0 Å². The molecule has 2 saturated heterocycles. The fourth-order valence-electron chi connectivity index (χ4n) is 4.00. The third kappa shape index (κ3) is 4.89. The maximum atomic E-state index is 12.7. The summed E-state index contributed by atoms with van der Waals surface area (Å²) in [4.78, 5) is 17.1. The molecular formula is C17H29Cl2N5O2. The average Bonchev–Trinajstić information content (AvgIpc) is 3.04. The third-order valence-corrected chi connectivity index (χ3v) is 5.28. The second-order valence-corrected chi connectivity index (χ2v) is 7.04. The number of piperidine rings is 1. The van der Waals surface area contributed by atoms with Crippen LogP contribution < -0.4 is 5.32 Å². The predicted molar refractivity (Wildman–Crippen MR) is 104 cm³/mol. The summed E-state index contributed by atoms with van der Waals surface area (Å²) in [6.45, 7) is 8.47. The van der Waals surface area contributed by atoms with Crippen LogP contribution in [0.15, 0.2) is 6.07 Å². The molecule has 1 N–H and O–H groups in total. The molecule has 0 aromatic carbocycles. The maximum absolute atomic E-state index is 12.7. The Bertz CT molecular complexity index is 568. The van der Waals surface area contributed by atoms with Gasteiger partial charge in [0.15, 0.2) is 0 Å². The molecule has 0 spiro atoms. The minimum absolute atomic E-state index is 0. The van der Waals surface area contributed by atoms with Gasteiger partial charge in [-0.25, -0.2) is 0 Å². The zero-order valence-corrected chi connectivity index (χ0v) is 16.7. The molecule has 2 fully saturated rings. The largest absolute Gasteiger partial charge is 0.378 e. The Labute approximate surface area is 167 Å². The molecule has 0 aliphatic carbocycles. The smallest absolute Gasteiger partial charge is 0.227 e. The molecule has 0 radical (unpaired) electrons. The number of rotatable bonds is 3. The normalized spacial score (nSPS) is 23.5. The summed E-state index contributed by atoms with van der Waals surface area (Å²) in [5.74, 6) is 0.451. The number of carbonyl (C=O) groups excluding carboxylic acids is 1. The zero-order valence-electron chi connectivity index (χ0n) is 15.1. The molecule has 7 nitrogen and oxygen atoms in total. The first-order chi connectivity index (χ1) is 11.8. The molecular weight excluding hydrogens is 377 g/mol. The van der Waals surface area contributed by atoms with Gasteiger partial charge in [-0.05, 0) is 25.5 Å². The number of ether oxygens (including phenoxy) is 1. The van der Waals surface area contributed by atoms with Crippen LogP contribution in [0.1, 0.15) is 24.2 Å². The Morgan fingerprint density at radius 3 is 2.81 bits per heavy atom. The van der Waals surface area contributed by atoms with Gasteiger partial charge in [0, 0.05) is 39.3 Å². The van der Waals surface area contributed by atoms with Gasteiger partial charge in [0.25, 0.3) is 0 Å². The molecule has 1 atom stereocenters. The number of hydrogen-bond donors (Lipinski definition) is 1. The minimum atomic E-state index is 0. The lowest BCUT2D eigenvalue weighted by Gasteiger charge is -2.35. The highest BCUT2D eigenvalue weighted by Gasteiger charge is 2.30. The van der Waals surface area contributed by atoms with E-state index in [0.717, 1.165) is 70.9 Å². The number of halogens is 2. The monoisotopic (exact) mass is 405 g/mol. The lowest BCUT2D eigenvalue weighted by molar-refractivity contribution is -0.141. The molecule has 1 aromatic rings. The Kier molecular flexibility index (Phi) is 8.16. The molecule has 1 amide bonds. The number of fused-ring (bicyclic) bond motifs is 1. The van der Waals surface area contributed by atoms with Crippen LogP contribution in [0.25, 0.3) is 0 Å². The van der Waals surface area contributed by atoms with Crippen molar-refractivity contribution in [3.63, 3.8) is 0 Å². The first-order valence-electron chi connectivity index (χ1n) is 9.15. The summed E-state index contributed by atoms with van der Waals surface area (Å²) < 4.78 is 7.47. The summed E-state index contributed by atoms with van der Waals surface area (Å²) in [5.41, 5.74) is 2.40. The molecule has 3 aliphatic rings. The van der Waals surface area contributed by atoms with Gasteiger partial charge in [-0.2, -0.15) is 5.10 Å². The van der Waals surface area contributed by atoms with E-state index >= 15 is 0 Å². The number of carbonyl (C=O) groups is 1. The SMILES string of the molecule is Cl.Cl.O=C(C1CCCN(Cc2cc3n(n2)CCNC3)C1)N1CCOCC1. The lowest BCUT2D eigenvalue weighted by Crippen LogP contribution is -2.48. The predicted octanol–water partition coefficient (Wildman–Crippen LogP) is 0.901. The maximum Gasteiger partial charge on any atom is 0.227 e. The number of amides is 1. The molecule has 4 rings (SSSR count). The van der Waals surface area contributed by atoms with Crippen molar-refractivity contribution in [1.29, 1.82) is 0 Å². The van der Waals surface area contributed by atoms with Gasteiger partial charge < -0.3 is 15.0 Å². The Morgan fingerprint density at radius 2 is 2.04 bits per heavy atom. The number of nitrogens with zero attached hydrogens (tertiary/aromatic N) is 4. The van der Waals surface area contributed by atoms with Crippen LogP contribution in [-0.2, 0) is 29.2 Å². The molecule has 26 heavy (non-hydrogen) atoms. The van der Waals surface area contributed by atoms with Crippen LogP contribution in [0, 0.1) is 5.92 Å². The summed E-state index contributed by atoms with van der Waals surface area (Å²) >= 11 is 0. The van der Waals surface area contributed by atoms with Gasteiger partial charge in [0.2, 0.25) is 5.91 Å². The Hall–Kier alpha value is -0.860. The second kappa shape index (κ2) is 9.90. The number of morpholine rings is 1. The van der Waals surface area contributed by atoms with Crippen LogP contribution in [0.4, 0.5) is 0 Å². The topological polar surface area (TPSA) is 62.6 Å². The van der Waals surface area contributed by atoms with Crippen molar-refractivity contribution in [3.8, 4) is 0 Å². The van der Waals surface area contributed by atoms with Gasteiger partial charge in [-0.15, -0.1) is 24.8 Å². The number of hydrogen-bond acceptors (Lipinski definition) is 5. The second-order valence-electron chi connectivity index (χ2n) is 7.04. The first-order valence-corrected chi connectivity index (χ1v) is 9.15. The van der Waals surface area contributed by atoms with E-state index in [1.54, 1.807) is 0 Å². The lowest BCUT2D eigenvalue weighted by atomic mass is 9.96. The summed E-state index contributed by atoms with van der Waals surface area (Å²) in [6.07, 6.45) is 2.10. The van der Waals surface area contributed by atoms with E-state index in [9.17, 15) is 4.79 Å². The van der Waals surface area contributed by atoms with Gasteiger partial charge >= 0.3 is 0 Å². The fourth-order valence-corrected chi connectivity index (χ4v) is 4.00. The molecule has 1 aromatic heterocycles. The van der Waals surface area contributed by atoms with Crippen LogP contribution in [0.5, 0.6) is 0 Å². The van der Waals surface area contributed by atoms with E-state index in [0.29, 0.717) is 19.1 Å². The van der Waals surface area contributed by atoms with E-state index in [1.807, 2.05) is 4.90 Å². The highest BCUT2D eigenvalue weighted by Crippen LogP contribution is 2.21. The quantitative estimate of drug-likeness (QED) is 0.809. The van der Waals surface area contributed by atoms with Crippen molar-refractivity contribution in [2.75, 3.05) is 45.9 Å². The van der Waals surface area contributed by atoms with Crippen molar-refractivity contribution in [3.05, 3.63) is 17.5 Å². The van der Waals surface area contributed by atoms with Crippen LogP contribution in [-0.4, -0.2) is 71.4 Å². The van der Waals surface area contributed by atoms with Crippen molar-refractivity contribution in [2.45, 2.75) is 32.5 Å². The van der Waals surface area contributed by atoms with Crippen molar-refractivity contribution in [1.82, 2.24) is 24.9 Å². The number of aromatic nitrogens is 2. The fraction of sp³-hybridized carbons (Fsp3) is 0.765. The molecule has 4 heterocycles. The highest BCUT2D eigenvalue weighted by molar-refractivity contribution is 5.85. The van der Waals surface area contributed by atoms with Gasteiger partial charge in [0.05, 0.1) is 37.1 Å². The van der Waals surface area contributed by atoms with Crippen LogP contribution in [0.3, 0.4) is 0 Å². The summed E-state index contributed by atoms with van der Waals surface area (Å²) in [7, 11) is 0. The average molecular weight is 406 g/mol. The van der Waals surface area contributed by atoms with E-state index in [1.165, 1.54) is 5.69 Å². The van der Waals surface area contributed by atoms with Gasteiger partial charge in [-0.3, -0.25) is 14.4 Å². The van der Waals surface area contributed by atoms with Gasteiger partial charge in [0.1, 0.15) is 0 Å². The van der Waals surface area contributed by atoms with Crippen molar-refractivity contribution >= 4 is 30.7 Å². The van der Waals surface area contributed by atoms with E-state index < -0.39 is 0 Å². The van der Waals surface area contributed by atoms with E-state index in [2.05, 4.69) is 21.0 Å². The first kappa shape index (κ1) is 21.4. The van der Waals surface area contributed by atoms with Crippen molar-refractivity contribution in [2.24, 2.45) is 5.92 Å². The Balaban J connectivity index is 0.00000121. The van der Waals surface area contributed by atoms with Crippen LogP contribution in [0.2, 0.25) is 0 Å². The molecule has 1 unspecified atom stereocenters. The van der Waals surface area contributed by atoms with Crippen LogP contribution >= 0.6 is 24.8 Å². The molecule has 0 bridgehead atoms. The molecule has 9 heteroatoms. The van der Waals surface area contributed by atoms with Crippen molar-refractivity contribution < 1.29 is 9.53 Å². The van der Waals surface area contributed by atoms with E-state index in [4.69, 9.17) is 9.84 Å². The standard InChI is InChI=1S/C17H27N5O2.2ClH/c23-17(21-6-8-24-9-7-21)14-2-1-4-20(12-14)13-15-10-16-11-18-3-5-22(16)19-15;;/h10,14,18H,1-9,11-13H2;2*1H. The van der Waals surface area contributed by atoms with E-state index in [-0.39, 0.29) is 30.7 Å². The minimum Gasteiger partial charge on any atom is -0.378 e. The third-order valence-electron chi connectivity index (χ3n) is 5.28. The Morgan fingerprint density at radius 1 is 1.23 bits per heavy atom.